The topological polar surface area (TPSA) is 25.6 Å². The van der Waals surface area contributed by atoms with Gasteiger partial charge in [-0.1, -0.05) is 60.7 Å². The zero-order valence-corrected chi connectivity index (χ0v) is 30.8. The van der Waals surface area contributed by atoms with E-state index in [2.05, 4.69) is 65.6 Å². The first-order valence-electron chi connectivity index (χ1n) is 19.0. The lowest BCUT2D eigenvalue weighted by atomic mass is 9.98. The second kappa shape index (κ2) is 12.6. The Hall–Kier alpha value is -7.26. The highest BCUT2D eigenvalue weighted by molar-refractivity contribution is 6.13. The molecule has 11 rings (SSSR count). The third-order valence-electron chi connectivity index (χ3n) is 11.5. The van der Waals surface area contributed by atoms with Crippen molar-refractivity contribution in [3.8, 4) is 33.6 Å². The fraction of sp³-hybridized carbons (Fsp3) is 0.0400. The van der Waals surface area contributed by atoms with Crippen LogP contribution in [0, 0.1) is 0 Å². The van der Waals surface area contributed by atoms with Crippen LogP contribution in [0.25, 0.3) is 99.0 Å². The van der Waals surface area contributed by atoms with Crippen molar-refractivity contribution >= 4 is 65.4 Å². The zero-order chi connectivity index (χ0) is 40.2. The van der Waals surface area contributed by atoms with Crippen LogP contribution in [0.5, 0.6) is 0 Å². The van der Waals surface area contributed by atoms with E-state index in [4.69, 9.17) is 0 Å². The van der Waals surface area contributed by atoms with E-state index in [9.17, 15) is 26.3 Å². The van der Waals surface area contributed by atoms with Crippen molar-refractivity contribution in [1.29, 1.82) is 0 Å². The molecule has 3 heterocycles. The second-order valence-electron chi connectivity index (χ2n) is 14.9. The summed E-state index contributed by atoms with van der Waals surface area (Å²) in [5.74, 6) is 0. The van der Waals surface area contributed by atoms with Gasteiger partial charge in [0.2, 0.25) is 0 Å². The number of aromatic amines is 1. The van der Waals surface area contributed by atoms with Crippen LogP contribution in [-0.2, 0) is 12.4 Å². The van der Waals surface area contributed by atoms with E-state index in [1.807, 2.05) is 69.8 Å². The average Bonchev–Trinajstić information content (AvgIpc) is 3.89. The van der Waals surface area contributed by atoms with E-state index in [1.54, 1.807) is 0 Å². The Morgan fingerprint density at radius 2 is 0.661 bits per heavy atom. The summed E-state index contributed by atoms with van der Waals surface area (Å²) in [6, 6.07) is 51.6. The molecule has 0 saturated carbocycles. The number of fused-ring (bicyclic) bond motifs is 9. The number of alkyl halides is 6. The fourth-order valence-corrected chi connectivity index (χ4v) is 8.72. The molecule has 11 aromatic rings. The SMILES string of the molecule is FC(F)(F)c1ccc(-n2c3ccccc3c3cc(-c4ccc5[nH]c6ccc(-c7ccc8c(c7)c7ccccc7n8-c7ccc(C(F)(F)F)cc7)cc6c5c4)ccc32)cc1. The van der Waals surface area contributed by atoms with Crippen LogP contribution in [0.15, 0.2) is 170 Å². The lowest BCUT2D eigenvalue weighted by Crippen LogP contribution is -2.05. The van der Waals surface area contributed by atoms with Gasteiger partial charge in [-0.3, -0.25) is 0 Å². The largest absolute Gasteiger partial charge is 0.416 e. The van der Waals surface area contributed by atoms with Crippen LogP contribution in [0.2, 0.25) is 0 Å². The molecule has 0 radical (unpaired) electrons. The zero-order valence-electron chi connectivity index (χ0n) is 30.8. The molecule has 1 N–H and O–H groups in total. The molecule has 3 aromatic heterocycles. The number of rotatable bonds is 4. The minimum absolute atomic E-state index is 0.650. The predicted molar refractivity (Wildman–Crippen MR) is 225 cm³/mol. The normalized spacial score (nSPS) is 12.6. The minimum Gasteiger partial charge on any atom is -0.355 e. The number of H-pyrrole nitrogens is 1. The second-order valence-corrected chi connectivity index (χ2v) is 14.9. The van der Waals surface area contributed by atoms with Gasteiger partial charge < -0.3 is 14.1 Å². The van der Waals surface area contributed by atoms with Gasteiger partial charge in [0.15, 0.2) is 0 Å². The molecule has 0 saturated heterocycles. The van der Waals surface area contributed by atoms with E-state index < -0.39 is 23.5 Å². The summed E-state index contributed by atoms with van der Waals surface area (Å²) in [4.78, 5) is 3.56. The summed E-state index contributed by atoms with van der Waals surface area (Å²) < 4.78 is 84.3. The Bertz CT molecular complexity index is 3230. The van der Waals surface area contributed by atoms with Crippen LogP contribution in [0.4, 0.5) is 26.3 Å². The first-order valence-corrected chi connectivity index (χ1v) is 19.0. The molecular formula is C50H29F6N3. The number of aromatic nitrogens is 3. The van der Waals surface area contributed by atoms with Crippen molar-refractivity contribution in [2.45, 2.75) is 12.4 Å². The van der Waals surface area contributed by atoms with Gasteiger partial charge in [-0.2, -0.15) is 26.3 Å². The van der Waals surface area contributed by atoms with Crippen molar-refractivity contribution in [2.75, 3.05) is 0 Å². The maximum Gasteiger partial charge on any atom is 0.416 e. The number of hydrogen-bond donors (Lipinski definition) is 1. The molecular weight excluding hydrogens is 757 g/mol. The first-order chi connectivity index (χ1) is 28.5. The summed E-state index contributed by atoms with van der Waals surface area (Å²) in [5, 5.41) is 6.12. The quantitative estimate of drug-likeness (QED) is 0.172. The maximum absolute atomic E-state index is 13.4. The molecule has 0 fully saturated rings. The van der Waals surface area contributed by atoms with Crippen LogP contribution < -0.4 is 0 Å². The molecule has 0 unspecified atom stereocenters. The highest BCUT2D eigenvalue weighted by atomic mass is 19.4. The summed E-state index contributed by atoms with van der Waals surface area (Å²) >= 11 is 0. The van der Waals surface area contributed by atoms with Crippen LogP contribution in [-0.4, -0.2) is 14.1 Å². The van der Waals surface area contributed by atoms with Crippen LogP contribution in [0.3, 0.4) is 0 Å². The molecule has 0 bridgehead atoms. The number of nitrogens with zero attached hydrogens (tertiary/aromatic N) is 2. The van der Waals surface area contributed by atoms with Gasteiger partial charge in [0, 0.05) is 54.7 Å². The molecule has 0 amide bonds. The summed E-state index contributed by atoms with van der Waals surface area (Å²) in [6.45, 7) is 0. The maximum atomic E-state index is 13.4. The summed E-state index contributed by atoms with van der Waals surface area (Å²) in [5.41, 5.74) is 9.58. The monoisotopic (exact) mass is 785 g/mol. The van der Waals surface area contributed by atoms with Crippen LogP contribution in [0.1, 0.15) is 11.1 Å². The van der Waals surface area contributed by atoms with Crippen molar-refractivity contribution in [2.24, 2.45) is 0 Å². The number of hydrogen-bond acceptors (Lipinski definition) is 0. The first kappa shape index (κ1) is 34.9. The van der Waals surface area contributed by atoms with E-state index in [-0.39, 0.29) is 0 Å². The van der Waals surface area contributed by atoms with Crippen molar-refractivity contribution in [3.63, 3.8) is 0 Å². The Morgan fingerprint density at radius 1 is 0.322 bits per heavy atom. The molecule has 0 spiro atoms. The Kier molecular flexibility index (Phi) is 7.47. The smallest absolute Gasteiger partial charge is 0.355 e. The molecule has 0 aliphatic carbocycles. The summed E-state index contributed by atoms with van der Waals surface area (Å²) in [6.07, 6.45) is -8.83. The Balaban J connectivity index is 0.997. The van der Waals surface area contributed by atoms with E-state index >= 15 is 0 Å². The lowest BCUT2D eigenvalue weighted by molar-refractivity contribution is -0.138. The van der Waals surface area contributed by atoms with Crippen molar-refractivity contribution in [3.05, 3.63) is 181 Å². The molecule has 286 valence electrons. The molecule has 59 heavy (non-hydrogen) atoms. The Morgan fingerprint density at radius 3 is 1.05 bits per heavy atom. The molecule has 3 nitrogen and oxygen atoms in total. The number of halogens is 6. The molecule has 9 heteroatoms. The standard InChI is InChI=1S/C50H29F6N3/c51-49(52,53)33-13-17-35(18-14-33)58-45-7-3-1-5-37(45)41-27-31(11-23-47(41)58)29-9-21-43-39(25-29)40-26-30(10-22-44(40)57-43)32-12-24-48-42(28-32)38-6-2-4-8-46(38)59(48)36-19-15-34(16-20-36)50(54,55)56/h1-28,57H. The molecule has 8 aromatic carbocycles. The fourth-order valence-electron chi connectivity index (χ4n) is 8.72. The van der Waals surface area contributed by atoms with Gasteiger partial charge in [0.25, 0.3) is 0 Å². The van der Waals surface area contributed by atoms with E-state index in [0.29, 0.717) is 11.4 Å². The summed E-state index contributed by atoms with van der Waals surface area (Å²) in [7, 11) is 0. The highest BCUT2D eigenvalue weighted by Crippen LogP contribution is 2.40. The third kappa shape index (κ3) is 5.60. The predicted octanol–water partition coefficient (Wildman–Crippen LogP) is 14.9. The van der Waals surface area contributed by atoms with Gasteiger partial charge in [0.05, 0.1) is 33.2 Å². The number of nitrogens with one attached hydrogen (secondary N) is 1. The third-order valence-corrected chi connectivity index (χ3v) is 11.5. The van der Waals surface area contributed by atoms with Gasteiger partial charge in [0.1, 0.15) is 0 Å². The van der Waals surface area contributed by atoms with Crippen molar-refractivity contribution in [1.82, 2.24) is 14.1 Å². The molecule has 0 aliphatic heterocycles. The molecule has 0 atom stereocenters. The van der Waals surface area contributed by atoms with E-state index in [1.165, 1.54) is 24.3 Å². The lowest BCUT2D eigenvalue weighted by Gasteiger charge is -2.11. The van der Waals surface area contributed by atoms with Gasteiger partial charge in [-0.25, -0.2) is 0 Å². The van der Waals surface area contributed by atoms with Gasteiger partial charge in [-0.05, 0) is 131 Å². The average molecular weight is 786 g/mol. The van der Waals surface area contributed by atoms with Crippen molar-refractivity contribution < 1.29 is 26.3 Å². The Labute approximate surface area is 332 Å². The van der Waals surface area contributed by atoms with Gasteiger partial charge in [-0.15, -0.1) is 0 Å². The van der Waals surface area contributed by atoms with Gasteiger partial charge >= 0.3 is 12.4 Å². The number of benzene rings is 8. The highest BCUT2D eigenvalue weighted by Gasteiger charge is 2.31. The van der Waals surface area contributed by atoms with E-state index in [0.717, 1.165) is 112 Å². The molecule has 0 aliphatic rings. The number of para-hydroxylation sites is 2. The minimum atomic E-state index is -4.41. The van der Waals surface area contributed by atoms with Crippen LogP contribution >= 0.6 is 0 Å².